The predicted octanol–water partition coefficient (Wildman–Crippen LogP) is 0.375. The summed E-state index contributed by atoms with van der Waals surface area (Å²) in [4.78, 5) is 9.40. The van der Waals surface area contributed by atoms with Crippen molar-refractivity contribution >= 4 is 15.3 Å². The fourth-order valence-corrected chi connectivity index (χ4v) is 0.415. The van der Waals surface area contributed by atoms with Gasteiger partial charge in [-0.15, -0.1) is 0 Å². The van der Waals surface area contributed by atoms with E-state index in [1.165, 1.54) is 0 Å². The Morgan fingerprint density at radius 2 is 1.50 bits per heavy atom. The molecule has 0 heterocycles. The van der Waals surface area contributed by atoms with Gasteiger partial charge in [0.2, 0.25) is 0 Å². The second-order valence-electron chi connectivity index (χ2n) is 1.22. The normalized spacial score (nSPS) is 13.2. The maximum atomic E-state index is 11.2. The quantitative estimate of drug-likeness (QED) is 0.399. The number of halogens is 4. The van der Waals surface area contributed by atoms with Crippen LogP contribution in [0.5, 0.6) is 0 Å². The number of hydrogen-bond donors (Lipinski definition) is 0. The van der Waals surface area contributed by atoms with E-state index in [-0.39, 0.29) is 0 Å². The lowest BCUT2D eigenvalue weighted by molar-refractivity contribution is -0.161. The minimum absolute atomic E-state index is 3.37. The van der Waals surface area contributed by atoms with Crippen LogP contribution in [0.1, 0.15) is 0 Å². The smallest absolute Gasteiger partial charge is 0.268 e. The van der Waals surface area contributed by atoms with Crippen molar-refractivity contribution in [2.45, 2.75) is 6.18 Å². The summed E-state index contributed by atoms with van der Waals surface area (Å²) in [5.41, 5.74) is 0. The molecule has 0 unspecified atom stereocenters. The first-order valence-corrected chi connectivity index (χ1v) is 3.10. The van der Waals surface area contributed by atoms with E-state index in [1.807, 2.05) is 0 Å². The van der Waals surface area contributed by atoms with Crippen LogP contribution in [0.2, 0.25) is 0 Å². The Balaban J connectivity index is 4.75. The van der Waals surface area contributed by atoms with Crippen molar-refractivity contribution in [3.63, 3.8) is 0 Å². The number of carbonyl (C=O) groups excluding carboxylic acids is 1. The number of rotatable bonds is 0. The first-order valence-electron chi connectivity index (χ1n) is 1.71. The first kappa shape index (κ1) is 9.34. The summed E-state index contributed by atoms with van der Waals surface area (Å²) in [6, 6.07) is 0. The Bertz CT molecular complexity index is 236. The van der Waals surface area contributed by atoms with Crippen molar-refractivity contribution in [3.8, 4) is 0 Å². The fourth-order valence-electron chi connectivity index (χ4n) is 0.138. The van der Waals surface area contributed by atoms with E-state index in [9.17, 15) is 30.3 Å². The van der Waals surface area contributed by atoms with Crippen LogP contribution in [0, 0.1) is 0 Å². The Morgan fingerprint density at radius 1 is 1.20 bits per heavy atom. The third-order valence-electron chi connectivity index (χ3n) is 0.453. The van der Waals surface area contributed by atoms with E-state index in [4.69, 9.17) is 0 Å². The van der Waals surface area contributed by atoms with E-state index < -0.39 is 21.5 Å². The zero-order valence-corrected chi connectivity index (χ0v) is 4.96. The standard InChI is InChI=1S/C2F4O3S/c3-2(4,5)1(7)10(6,8)9. The summed E-state index contributed by atoms with van der Waals surface area (Å²) in [5.74, 6) is 0. The maximum Gasteiger partial charge on any atom is 0.469 e. The van der Waals surface area contributed by atoms with Crippen molar-refractivity contribution in [1.82, 2.24) is 0 Å². The van der Waals surface area contributed by atoms with E-state index in [0.29, 0.717) is 0 Å². The van der Waals surface area contributed by atoms with Crippen LogP contribution >= 0.6 is 0 Å². The Labute approximate surface area is 52.8 Å². The number of carbonyl (C=O) groups is 1. The zero-order valence-electron chi connectivity index (χ0n) is 4.14. The van der Waals surface area contributed by atoms with Gasteiger partial charge in [0.25, 0.3) is 0 Å². The molecule has 0 spiro atoms. The molecular weight excluding hydrogens is 180 g/mol. The molecule has 0 aliphatic rings. The van der Waals surface area contributed by atoms with Crippen molar-refractivity contribution in [2.75, 3.05) is 0 Å². The van der Waals surface area contributed by atoms with Gasteiger partial charge in [-0.1, -0.05) is 3.89 Å². The van der Waals surface area contributed by atoms with Crippen LogP contribution in [0.25, 0.3) is 0 Å². The van der Waals surface area contributed by atoms with Gasteiger partial charge >= 0.3 is 21.5 Å². The topological polar surface area (TPSA) is 51.2 Å². The summed E-state index contributed by atoms with van der Waals surface area (Å²) in [6.45, 7) is 0. The number of hydrogen-bond acceptors (Lipinski definition) is 3. The average Bonchev–Trinajstić information content (AvgIpc) is 1.59. The second kappa shape index (κ2) is 2.19. The van der Waals surface area contributed by atoms with E-state index in [1.54, 1.807) is 0 Å². The largest absolute Gasteiger partial charge is 0.469 e. The molecule has 0 aromatic carbocycles. The lowest BCUT2D eigenvalue weighted by Crippen LogP contribution is -2.28. The summed E-state index contributed by atoms with van der Waals surface area (Å²) in [7, 11) is -6.12. The third-order valence-corrected chi connectivity index (χ3v) is 1.13. The fraction of sp³-hybridized carbons (Fsp3) is 0.500. The van der Waals surface area contributed by atoms with Gasteiger partial charge in [0.1, 0.15) is 0 Å². The molecule has 60 valence electrons. The highest BCUT2D eigenvalue weighted by Crippen LogP contribution is 2.19. The van der Waals surface area contributed by atoms with Crippen LogP contribution < -0.4 is 0 Å². The summed E-state index contributed by atoms with van der Waals surface area (Å²) in [5, 5.41) is -3.37. The van der Waals surface area contributed by atoms with Gasteiger partial charge in [0.05, 0.1) is 0 Å². The van der Waals surface area contributed by atoms with Crippen LogP contribution in [0.3, 0.4) is 0 Å². The van der Waals surface area contributed by atoms with Crippen LogP contribution in [-0.2, 0) is 15.0 Å². The van der Waals surface area contributed by atoms with Gasteiger partial charge in [0, 0.05) is 0 Å². The Kier molecular flexibility index (Phi) is 2.04. The zero-order chi connectivity index (χ0) is 8.58. The molecule has 0 aliphatic carbocycles. The average molecular weight is 180 g/mol. The molecule has 0 N–H and O–H groups in total. The van der Waals surface area contributed by atoms with E-state index in [0.717, 1.165) is 0 Å². The molecule has 0 atom stereocenters. The molecule has 10 heavy (non-hydrogen) atoms. The monoisotopic (exact) mass is 180 g/mol. The van der Waals surface area contributed by atoms with Crippen LogP contribution in [-0.4, -0.2) is 19.7 Å². The van der Waals surface area contributed by atoms with Crippen molar-refractivity contribution in [1.29, 1.82) is 0 Å². The van der Waals surface area contributed by atoms with Crippen molar-refractivity contribution < 1.29 is 30.3 Å². The molecule has 8 heteroatoms. The van der Waals surface area contributed by atoms with Gasteiger partial charge in [-0.3, -0.25) is 4.79 Å². The SMILES string of the molecule is O=C(C(F)(F)F)S(=O)(=O)F. The molecule has 0 radical (unpaired) electrons. The minimum atomic E-state index is -6.12. The molecule has 0 bridgehead atoms. The molecule has 0 aliphatic heterocycles. The molecule has 3 nitrogen and oxygen atoms in total. The molecule has 0 saturated heterocycles. The van der Waals surface area contributed by atoms with Crippen molar-refractivity contribution in [3.05, 3.63) is 0 Å². The number of alkyl halides is 3. The van der Waals surface area contributed by atoms with E-state index in [2.05, 4.69) is 0 Å². The molecule has 0 rings (SSSR count). The highest BCUT2D eigenvalue weighted by atomic mass is 32.3. The van der Waals surface area contributed by atoms with Gasteiger partial charge < -0.3 is 0 Å². The summed E-state index contributed by atoms with van der Waals surface area (Å²) in [6.07, 6.45) is -5.66. The predicted molar refractivity (Wildman–Crippen MR) is 21.1 cm³/mol. The van der Waals surface area contributed by atoms with Gasteiger partial charge in [-0.2, -0.15) is 21.6 Å². The minimum Gasteiger partial charge on any atom is -0.268 e. The summed E-state index contributed by atoms with van der Waals surface area (Å²) >= 11 is 0. The highest BCUT2D eigenvalue weighted by Gasteiger charge is 2.48. The highest BCUT2D eigenvalue weighted by molar-refractivity contribution is 8.01. The van der Waals surface area contributed by atoms with Gasteiger partial charge in [0.15, 0.2) is 0 Å². The van der Waals surface area contributed by atoms with Gasteiger partial charge in [-0.05, 0) is 0 Å². The third kappa shape index (κ3) is 2.29. The lowest BCUT2D eigenvalue weighted by atomic mass is 10.8. The van der Waals surface area contributed by atoms with E-state index >= 15 is 0 Å². The Morgan fingerprint density at radius 3 is 1.50 bits per heavy atom. The Hall–Kier alpha value is -0.660. The van der Waals surface area contributed by atoms with Crippen LogP contribution in [0.4, 0.5) is 17.1 Å². The second-order valence-corrected chi connectivity index (χ2v) is 2.47. The molecule has 0 saturated carbocycles. The van der Waals surface area contributed by atoms with Crippen LogP contribution in [0.15, 0.2) is 0 Å². The maximum absolute atomic E-state index is 11.2. The van der Waals surface area contributed by atoms with Gasteiger partial charge in [-0.25, -0.2) is 0 Å². The molecule has 0 fully saturated rings. The molecule has 0 aromatic heterocycles. The molecule has 0 amide bonds. The lowest BCUT2D eigenvalue weighted by Gasteiger charge is -1.97. The summed E-state index contributed by atoms with van der Waals surface area (Å²) < 4.78 is 62.6. The van der Waals surface area contributed by atoms with Crippen molar-refractivity contribution in [2.24, 2.45) is 0 Å². The first-order chi connectivity index (χ1) is 4.15. The molecular formula is C2F4O3S. The molecule has 0 aromatic rings.